The number of nitrogens with zero attached hydrogens (tertiary/aromatic N) is 2. The molecule has 0 amide bonds. The highest BCUT2D eigenvalue weighted by Gasteiger charge is 2.19. The molecule has 0 saturated carbocycles. The molecule has 0 unspecified atom stereocenters. The summed E-state index contributed by atoms with van der Waals surface area (Å²) in [7, 11) is 1.34. The van der Waals surface area contributed by atoms with Gasteiger partial charge in [-0.3, -0.25) is 14.9 Å². The average molecular weight is 411 g/mol. The molecule has 31 heavy (non-hydrogen) atoms. The van der Waals surface area contributed by atoms with E-state index in [0.717, 1.165) is 11.3 Å². The van der Waals surface area contributed by atoms with Gasteiger partial charge in [-0.2, -0.15) is 0 Å². The zero-order valence-corrected chi connectivity index (χ0v) is 17.2. The number of methoxy groups -OCH3 is 1. The highest BCUT2D eigenvalue weighted by atomic mass is 16.5. The predicted octanol–water partition coefficient (Wildman–Crippen LogP) is 4.76. The van der Waals surface area contributed by atoms with Crippen LogP contribution in [0.25, 0.3) is 16.9 Å². The minimum Gasteiger partial charge on any atom is -0.465 e. The van der Waals surface area contributed by atoms with Gasteiger partial charge in [-0.1, -0.05) is 48.5 Å². The Morgan fingerprint density at radius 2 is 1.52 bits per heavy atom. The van der Waals surface area contributed by atoms with Gasteiger partial charge in [-0.15, -0.1) is 0 Å². The van der Waals surface area contributed by atoms with E-state index in [-0.39, 0.29) is 5.56 Å². The van der Waals surface area contributed by atoms with Crippen LogP contribution < -0.4 is 5.56 Å². The first kappa shape index (κ1) is 20.1. The molecule has 154 valence electrons. The number of aromatic nitrogens is 2. The number of benzene rings is 3. The molecular formula is C25H21N3O3. The molecule has 0 spiro atoms. The van der Waals surface area contributed by atoms with Crippen LogP contribution >= 0.6 is 0 Å². The van der Waals surface area contributed by atoms with Gasteiger partial charge in [-0.05, 0) is 43.3 Å². The van der Waals surface area contributed by atoms with Crippen LogP contribution in [0.2, 0.25) is 0 Å². The number of carbonyl (C=O) groups is 1. The fourth-order valence-electron chi connectivity index (χ4n) is 3.38. The molecule has 4 aromatic rings. The van der Waals surface area contributed by atoms with Gasteiger partial charge < -0.3 is 4.74 Å². The number of nitrogens with one attached hydrogen (secondary N) is 1. The van der Waals surface area contributed by atoms with E-state index >= 15 is 0 Å². The Kier molecular flexibility index (Phi) is 5.62. The minimum absolute atomic E-state index is 0.183. The van der Waals surface area contributed by atoms with Crippen LogP contribution in [0.5, 0.6) is 0 Å². The Balaban J connectivity index is 1.83. The summed E-state index contributed by atoms with van der Waals surface area (Å²) in [5.41, 5.74) is 4.28. The number of para-hydroxylation sites is 1. The van der Waals surface area contributed by atoms with Crippen molar-refractivity contribution >= 4 is 17.4 Å². The van der Waals surface area contributed by atoms with Crippen molar-refractivity contribution < 1.29 is 9.53 Å². The summed E-state index contributed by atoms with van der Waals surface area (Å²) in [4.78, 5) is 29.7. The van der Waals surface area contributed by atoms with Crippen LogP contribution in [-0.4, -0.2) is 28.6 Å². The molecule has 0 bridgehead atoms. The Hall–Kier alpha value is -4.19. The van der Waals surface area contributed by atoms with Gasteiger partial charge in [0.05, 0.1) is 41.0 Å². The van der Waals surface area contributed by atoms with E-state index < -0.39 is 5.97 Å². The first-order valence-electron chi connectivity index (χ1n) is 9.78. The Bertz CT molecular complexity index is 1290. The summed E-state index contributed by atoms with van der Waals surface area (Å²) < 4.78 is 6.25. The number of carbonyl (C=O) groups excluding carboxylic acids is 1. The maximum Gasteiger partial charge on any atom is 0.337 e. The molecule has 1 aromatic heterocycles. The van der Waals surface area contributed by atoms with Gasteiger partial charge in [0.25, 0.3) is 5.56 Å². The normalized spacial score (nSPS) is 11.4. The molecule has 1 heterocycles. The number of aliphatic imine (C=N–C) groups is 1. The summed E-state index contributed by atoms with van der Waals surface area (Å²) in [6, 6.07) is 25.8. The highest BCUT2D eigenvalue weighted by molar-refractivity contribution is 6.04. The van der Waals surface area contributed by atoms with Crippen molar-refractivity contribution in [1.82, 2.24) is 9.78 Å². The first-order chi connectivity index (χ1) is 15.1. The number of H-pyrrole nitrogens is 1. The summed E-state index contributed by atoms with van der Waals surface area (Å²) in [5, 5.41) is 3.24. The van der Waals surface area contributed by atoms with E-state index in [9.17, 15) is 9.59 Å². The van der Waals surface area contributed by atoms with Crippen LogP contribution in [-0.2, 0) is 4.74 Å². The van der Waals surface area contributed by atoms with Gasteiger partial charge >= 0.3 is 5.97 Å². The molecule has 6 heteroatoms. The largest absolute Gasteiger partial charge is 0.465 e. The SMILES string of the molecule is COC(=O)c1ccc(N=C(C)c2c(-c3ccccc3)[nH]n(-c3ccccc3)c2=O)cc1. The lowest BCUT2D eigenvalue weighted by atomic mass is 10.1. The molecule has 0 aliphatic rings. The van der Waals surface area contributed by atoms with E-state index in [1.165, 1.54) is 11.8 Å². The number of hydrogen-bond donors (Lipinski definition) is 1. The van der Waals surface area contributed by atoms with Gasteiger partial charge in [0.2, 0.25) is 0 Å². The van der Waals surface area contributed by atoms with Crippen LogP contribution in [0, 0.1) is 0 Å². The lowest BCUT2D eigenvalue weighted by Gasteiger charge is -2.04. The summed E-state index contributed by atoms with van der Waals surface area (Å²) in [6.07, 6.45) is 0. The van der Waals surface area contributed by atoms with Crippen molar-refractivity contribution in [3.8, 4) is 16.9 Å². The van der Waals surface area contributed by atoms with E-state index in [4.69, 9.17) is 4.74 Å². The maximum atomic E-state index is 13.4. The molecular weight excluding hydrogens is 390 g/mol. The van der Waals surface area contributed by atoms with Gasteiger partial charge in [0.1, 0.15) is 0 Å². The summed E-state index contributed by atoms with van der Waals surface area (Å²) >= 11 is 0. The Morgan fingerprint density at radius 3 is 2.13 bits per heavy atom. The molecule has 4 rings (SSSR count). The molecule has 0 atom stereocenters. The quantitative estimate of drug-likeness (QED) is 0.380. The molecule has 3 aromatic carbocycles. The standard InChI is InChI=1S/C25H21N3O3/c1-17(26-20-15-13-19(14-16-20)25(30)31-2)22-23(18-9-5-3-6-10-18)27-28(24(22)29)21-11-7-4-8-12-21/h3-16,27H,1-2H3. The maximum absolute atomic E-state index is 13.4. The molecule has 1 N–H and O–H groups in total. The smallest absolute Gasteiger partial charge is 0.337 e. The predicted molar refractivity (Wildman–Crippen MR) is 121 cm³/mol. The van der Waals surface area contributed by atoms with Crippen molar-refractivity contribution in [2.75, 3.05) is 7.11 Å². The van der Waals surface area contributed by atoms with E-state index in [1.54, 1.807) is 31.2 Å². The third kappa shape index (κ3) is 4.09. The van der Waals surface area contributed by atoms with Crippen molar-refractivity contribution in [2.45, 2.75) is 6.92 Å². The minimum atomic E-state index is -0.407. The van der Waals surface area contributed by atoms with Crippen molar-refractivity contribution in [3.63, 3.8) is 0 Å². The second kappa shape index (κ2) is 8.67. The number of esters is 1. The van der Waals surface area contributed by atoms with Crippen LogP contribution in [0.4, 0.5) is 5.69 Å². The zero-order valence-electron chi connectivity index (χ0n) is 17.2. The van der Waals surface area contributed by atoms with Crippen molar-refractivity contribution in [1.29, 1.82) is 0 Å². The third-order valence-electron chi connectivity index (χ3n) is 4.91. The molecule has 0 saturated heterocycles. The average Bonchev–Trinajstić information content (AvgIpc) is 3.17. The Labute approximate surface area is 179 Å². The fraction of sp³-hybridized carbons (Fsp3) is 0.0800. The van der Waals surface area contributed by atoms with Crippen LogP contribution in [0.1, 0.15) is 22.8 Å². The van der Waals surface area contributed by atoms with Gasteiger partial charge in [0.15, 0.2) is 0 Å². The fourth-order valence-corrected chi connectivity index (χ4v) is 3.38. The van der Waals surface area contributed by atoms with Crippen molar-refractivity contribution in [2.24, 2.45) is 4.99 Å². The molecule has 0 radical (unpaired) electrons. The lowest BCUT2D eigenvalue weighted by Crippen LogP contribution is -2.19. The number of aromatic amines is 1. The summed E-state index contributed by atoms with van der Waals surface area (Å²) in [5.74, 6) is -0.407. The molecule has 0 aliphatic heterocycles. The van der Waals surface area contributed by atoms with E-state index in [2.05, 4.69) is 10.1 Å². The highest BCUT2D eigenvalue weighted by Crippen LogP contribution is 2.23. The van der Waals surface area contributed by atoms with E-state index in [0.29, 0.717) is 28.2 Å². The number of rotatable bonds is 5. The first-order valence-corrected chi connectivity index (χ1v) is 9.78. The molecule has 0 aliphatic carbocycles. The monoisotopic (exact) mass is 411 g/mol. The van der Waals surface area contributed by atoms with Gasteiger partial charge in [0, 0.05) is 5.56 Å². The van der Waals surface area contributed by atoms with Crippen LogP contribution in [0.3, 0.4) is 0 Å². The number of hydrogen-bond acceptors (Lipinski definition) is 4. The van der Waals surface area contributed by atoms with Gasteiger partial charge in [-0.25, -0.2) is 9.48 Å². The second-order valence-corrected chi connectivity index (χ2v) is 6.94. The second-order valence-electron chi connectivity index (χ2n) is 6.94. The summed E-state index contributed by atoms with van der Waals surface area (Å²) in [6.45, 7) is 1.81. The number of ether oxygens (including phenoxy) is 1. The van der Waals surface area contributed by atoms with Crippen molar-refractivity contribution in [3.05, 3.63) is 106 Å². The topological polar surface area (TPSA) is 76.4 Å². The molecule has 0 fully saturated rings. The lowest BCUT2D eigenvalue weighted by molar-refractivity contribution is 0.0601. The third-order valence-corrected chi connectivity index (χ3v) is 4.91. The van der Waals surface area contributed by atoms with E-state index in [1.807, 2.05) is 60.7 Å². The molecule has 6 nitrogen and oxygen atoms in total. The zero-order chi connectivity index (χ0) is 21.8. The Morgan fingerprint density at radius 1 is 0.903 bits per heavy atom. The van der Waals surface area contributed by atoms with Crippen LogP contribution in [0.15, 0.2) is 94.7 Å².